The molecule has 0 N–H and O–H groups in total. The van der Waals surface area contributed by atoms with Crippen molar-refractivity contribution < 1.29 is 0 Å². The molecule has 0 saturated carbocycles. The average Bonchev–Trinajstić information content (AvgIpc) is 3.04. The third kappa shape index (κ3) is 4.87. The molecule has 25 heavy (non-hydrogen) atoms. The van der Waals surface area contributed by atoms with E-state index in [9.17, 15) is 0 Å². The van der Waals surface area contributed by atoms with E-state index in [2.05, 4.69) is 105 Å². The van der Waals surface area contributed by atoms with Crippen LogP contribution in [-0.2, 0) is 0 Å². The Hall–Kier alpha value is -1.30. The van der Waals surface area contributed by atoms with Gasteiger partial charge >= 0.3 is 0 Å². The fraction of sp³-hybridized carbons (Fsp3) is 0.304. The van der Waals surface area contributed by atoms with Gasteiger partial charge in [0.05, 0.1) is 13.2 Å². The van der Waals surface area contributed by atoms with Gasteiger partial charge in [0.15, 0.2) is 0 Å². The van der Waals surface area contributed by atoms with E-state index >= 15 is 0 Å². The molecule has 0 radical (unpaired) electrons. The van der Waals surface area contributed by atoms with Crippen LogP contribution in [0.5, 0.6) is 0 Å². The summed E-state index contributed by atoms with van der Waals surface area (Å²) in [5, 5.41) is 6.04. The molecule has 0 amide bonds. The van der Waals surface area contributed by atoms with Crippen molar-refractivity contribution in [2.75, 3.05) is 0 Å². The lowest BCUT2D eigenvalue weighted by molar-refractivity contribution is 0.932. The van der Waals surface area contributed by atoms with Crippen LogP contribution in [0, 0.1) is 0 Å². The highest BCUT2D eigenvalue weighted by Gasteiger charge is 2.31. The summed E-state index contributed by atoms with van der Waals surface area (Å²) in [5.74, 6) is 0. The predicted molar refractivity (Wildman–Crippen MR) is 118 cm³/mol. The minimum atomic E-state index is -0.891. The van der Waals surface area contributed by atoms with Crippen LogP contribution < -0.4 is 10.6 Å². The van der Waals surface area contributed by atoms with Gasteiger partial charge in [-0.1, -0.05) is 69.3 Å². The first kappa shape index (κ1) is 18.5. The molecule has 0 aliphatic heterocycles. The molecule has 0 spiro atoms. The zero-order valence-electron chi connectivity index (χ0n) is 15.4. The van der Waals surface area contributed by atoms with E-state index in [1.54, 1.807) is 10.9 Å². The zero-order chi connectivity index (χ0) is 17.6. The van der Waals surface area contributed by atoms with Crippen LogP contribution in [-0.4, -0.2) is 10.5 Å². The molecule has 0 saturated heterocycles. The Morgan fingerprint density at radius 3 is 1.96 bits per heavy atom. The minimum absolute atomic E-state index is 0.669. The second-order valence-electron chi connectivity index (χ2n) is 6.92. The molecule has 3 rings (SSSR count). The first-order valence-electron chi connectivity index (χ1n) is 9.17. The van der Waals surface area contributed by atoms with Crippen molar-refractivity contribution in [3.05, 3.63) is 83.7 Å². The van der Waals surface area contributed by atoms with Gasteiger partial charge in [-0.15, -0.1) is 0 Å². The SMILES string of the molecule is CC(C)SC(C)CC1=C([PH+](c2ccccc2)c2ccccc2)CC=C1. The lowest BCUT2D eigenvalue weighted by atomic mass is 10.1. The quantitative estimate of drug-likeness (QED) is 0.542. The fourth-order valence-corrected chi connectivity index (χ4v) is 7.67. The summed E-state index contributed by atoms with van der Waals surface area (Å²) >= 11 is 2.09. The van der Waals surface area contributed by atoms with Gasteiger partial charge in [-0.3, -0.25) is 0 Å². The second-order valence-corrected chi connectivity index (χ2v) is 11.4. The lowest BCUT2D eigenvalue weighted by Crippen LogP contribution is -2.13. The van der Waals surface area contributed by atoms with Gasteiger partial charge in [0.2, 0.25) is 0 Å². The molecular weight excluding hydrogens is 339 g/mol. The molecular formula is C23H28PS+. The van der Waals surface area contributed by atoms with Gasteiger partial charge < -0.3 is 0 Å². The normalized spacial score (nSPS) is 15.4. The second kappa shape index (κ2) is 8.88. The first-order valence-corrected chi connectivity index (χ1v) is 11.6. The third-order valence-corrected chi connectivity index (χ3v) is 8.59. The molecule has 1 atom stereocenters. The summed E-state index contributed by atoms with van der Waals surface area (Å²) in [5.41, 5.74) is 1.59. The first-order chi connectivity index (χ1) is 12.1. The summed E-state index contributed by atoms with van der Waals surface area (Å²) in [6.45, 7) is 6.97. The van der Waals surface area contributed by atoms with Crippen molar-refractivity contribution in [1.29, 1.82) is 0 Å². The van der Waals surface area contributed by atoms with Crippen LogP contribution in [0.15, 0.2) is 83.7 Å². The van der Waals surface area contributed by atoms with Crippen LogP contribution in [0.2, 0.25) is 0 Å². The Bertz CT molecular complexity index is 692. The molecule has 2 aromatic rings. The van der Waals surface area contributed by atoms with Crippen molar-refractivity contribution in [1.82, 2.24) is 0 Å². The van der Waals surface area contributed by atoms with Gasteiger partial charge in [-0.05, 0) is 41.5 Å². The van der Waals surface area contributed by atoms with Gasteiger partial charge in [-0.25, -0.2) is 0 Å². The number of benzene rings is 2. The molecule has 2 aromatic carbocycles. The Balaban J connectivity index is 1.96. The number of allylic oxidation sites excluding steroid dienone is 4. The van der Waals surface area contributed by atoms with Gasteiger partial charge in [0, 0.05) is 11.7 Å². The molecule has 0 fully saturated rings. The standard InChI is InChI=1S/C23H27PS/c1-18(2)25-19(3)17-20-11-10-16-23(20)24(21-12-6-4-7-13-21)22-14-8-5-9-15-22/h4-15,18-19H,16-17H2,1-3H3/p+1. The highest BCUT2D eigenvalue weighted by Crippen LogP contribution is 2.49. The van der Waals surface area contributed by atoms with Crippen molar-refractivity contribution in [3.8, 4) is 0 Å². The van der Waals surface area contributed by atoms with E-state index in [0.717, 1.165) is 6.42 Å². The number of thioether (sulfide) groups is 1. The number of hydrogen-bond donors (Lipinski definition) is 0. The summed E-state index contributed by atoms with van der Waals surface area (Å²) in [6, 6.07) is 22.2. The Kier molecular flexibility index (Phi) is 6.57. The van der Waals surface area contributed by atoms with Gasteiger partial charge in [0.1, 0.15) is 10.6 Å². The molecule has 0 aromatic heterocycles. The van der Waals surface area contributed by atoms with Crippen molar-refractivity contribution in [3.63, 3.8) is 0 Å². The molecule has 1 aliphatic rings. The monoisotopic (exact) mass is 367 g/mol. The topological polar surface area (TPSA) is 0 Å². The van der Waals surface area contributed by atoms with Gasteiger partial charge in [-0.2, -0.15) is 11.8 Å². The molecule has 0 nitrogen and oxygen atoms in total. The Labute approximate surface area is 158 Å². The fourth-order valence-electron chi connectivity index (χ4n) is 3.55. The highest BCUT2D eigenvalue weighted by atomic mass is 32.2. The maximum atomic E-state index is 2.39. The lowest BCUT2D eigenvalue weighted by Gasteiger charge is -2.17. The smallest absolute Gasteiger partial charge is 0.102 e. The largest absolute Gasteiger partial charge is 0.156 e. The highest BCUT2D eigenvalue weighted by molar-refractivity contribution is 8.00. The summed E-state index contributed by atoms with van der Waals surface area (Å²) in [7, 11) is -0.891. The van der Waals surface area contributed by atoms with E-state index < -0.39 is 7.92 Å². The average molecular weight is 368 g/mol. The van der Waals surface area contributed by atoms with Gasteiger partial charge in [0.25, 0.3) is 0 Å². The summed E-state index contributed by atoms with van der Waals surface area (Å²) in [4.78, 5) is 0. The molecule has 1 aliphatic carbocycles. The number of rotatable bonds is 7. The Morgan fingerprint density at radius 1 is 0.880 bits per heavy atom. The van der Waals surface area contributed by atoms with Crippen LogP contribution >= 0.6 is 19.7 Å². The third-order valence-electron chi connectivity index (χ3n) is 4.47. The maximum absolute atomic E-state index is 2.39. The van der Waals surface area contributed by atoms with E-state index in [1.165, 1.54) is 17.0 Å². The Morgan fingerprint density at radius 2 is 1.44 bits per heavy atom. The molecule has 0 bridgehead atoms. The van der Waals surface area contributed by atoms with E-state index in [4.69, 9.17) is 0 Å². The number of hydrogen-bond acceptors (Lipinski definition) is 1. The van der Waals surface area contributed by atoms with Crippen LogP contribution in [0.1, 0.15) is 33.6 Å². The van der Waals surface area contributed by atoms with Crippen molar-refractivity contribution in [2.45, 2.75) is 44.1 Å². The van der Waals surface area contributed by atoms with Crippen LogP contribution in [0.3, 0.4) is 0 Å². The van der Waals surface area contributed by atoms with Crippen molar-refractivity contribution >= 4 is 30.3 Å². The zero-order valence-corrected chi connectivity index (χ0v) is 17.2. The van der Waals surface area contributed by atoms with E-state index in [-0.39, 0.29) is 0 Å². The molecule has 130 valence electrons. The predicted octanol–water partition coefficient (Wildman–Crippen LogP) is 5.99. The molecule has 1 unspecified atom stereocenters. The minimum Gasteiger partial charge on any atom is -0.156 e. The van der Waals surface area contributed by atoms with Crippen LogP contribution in [0.25, 0.3) is 0 Å². The van der Waals surface area contributed by atoms with Crippen molar-refractivity contribution in [2.24, 2.45) is 0 Å². The molecule has 2 heteroatoms. The summed E-state index contributed by atoms with van der Waals surface area (Å²) in [6.07, 6.45) is 7.06. The summed E-state index contributed by atoms with van der Waals surface area (Å²) < 4.78 is 0. The van der Waals surface area contributed by atoms with E-state index in [1.807, 2.05) is 0 Å². The van der Waals surface area contributed by atoms with E-state index in [0.29, 0.717) is 10.5 Å². The molecule has 0 heterocycles. The van der Waals surface area contributed by atoms with Crippen LogP contribution in [0.4, 0.5) is 0 Å². The maximum Gasteiger partial charge on any atom is 0.102 e.